The first-order chi connectivity index (χ1) is 8.25. The van der Waals surface area contributed by atoms with Crippen molar-refractivity contribution in [1.29, 1.82) is 0 Å². The van der Waals surface area contributed by atoms with Crippen molar-refractivity contribution in [2.24, 2.45) is 5.92 Å². The zero-order valence-corrected chi connectivity index (χ0v) is 10.0. The molecule has 3 heteroatoms. The Kier molecular flexibility index (Phi) is 2.52. The van der Waals surface area contributed by atoms with Crippen molar-refractivity contribution >= 4 is 23.2 Å². The number of anilines is 1. The SMILES string of the molecule is O=C1CC2CC=CC=C2N1c1ccc(Cl)cc1. The monoisotopic (exact) mass is 245 g/mol. The van der Waals surface area contributed by atoms with Crippen molar-refractivity contribution in [2.45, 2.75) is 12.8 Å². The van der Waals surface area contributed by atoms with Gasteiger partial charge in [0.25, 0.3) is 0 Å². The standard InChI is InChI=1S/C14H12ClNO/c15-11-5-7-12(8-6-11)16-13-4-2-1-3-10(13)9-14(16)17/h1-2,4-8,10H,3,9H2. The van der Waals surface area contributed by atoms with E-state index < -0.39 is 0 Å². The van der Waals surface area contributed by atoms with E-state index in [9.17, 15) is 4.79 Å². The minimum Gasteiger partial charge on any atom is -0.285 e. The lowest BCUT2D eigenvalue weighted by Crippen LogP contribution is -2.23. The van der Waals surface area contributed by atoms with Crippen LogP contribution in [0.15, 0.2) is 48.2 Å². The third-order valence-electron chi connectivity index (χ3n) is 3.26. The number of amides is 1. The van der Waals surface area contributed by atoms with Crippen LogP contribution in [0.1, 0.15) is 12.8 Å². The van der Waals surface area contributed by atoms with Crippen LogP contribution in [0, 0.1) is 5.92 Å². The van der Waals surface area contributed by atoms with Gasteiger partial charge in [-0.05, 0) is 36.8 Å². The average molecular weight is 246 g/mol. The Hall–Kier alpha value is -1.54. The quantitative estimate of drug-likeness (QED) is 0.741. The molecule has 1 unspecified atom stereocenters. The number of hydrogen-bond acceptors (Lipinski definition) is 1. The summed E-state index contributed by atoms with van der Waals surface area (Å²) in [5.41, 5.74) is 2.02. The number of carbonyl (C=O) groups excluding carboxylic acids is 1. The maximum atomic E-state index is 12.1. The molecule has 3 rings (SSSR count). The first-order valence-electron chi connectivity index (χ1n) is 5.71. The number of nitrogens with zero attached hydrogens (tertiary/aromatic N) is 1. The van der Waals surface area contributed by atoms with Crippen molar-refractivity contribution in [3.8, 4) is 0 Å². The fourth-order valence-electron chi connectivity index (χ4n) is 2.44. The number of benzene rings is 1. The summed E-state index contributed by atoms with van der Waals surface area (Å²) in [5, 5.41) is 0.689. The predicted molar refractivity (Wildman–Crippen MR) is 68.9 cm³/mol. The molecule has 0 N–H and O–H groups in total. The van der Waals surface area contributed by atoms with Crippen LogP contribution in [-0.4, -0.2) is 5.91 Å². The highest BCUT2D eigenvalue weighted by atomic mass is 35.5. The largest absolute Gasteiger partial charge is 0.285 e. The lowest BCUT2D eigenvalue weighted by molar-refractivity contribution is -0.117. The van der Waals surface area contributed by atoms with E-state index in [-0.39, 0.29) is 5.91 Å². The van der Waals surface area contributed by atoms with Gasteiger partial charge < -0.3 is 0 Å². The Morgan fingerprint density at radius 3 is 2.76 bits per heavy atom. The van der Waals surface area contributed by atoms with E-state index in [1.165, 1.54) is 0 Å². The normalized spacial score (nSPS) is 22.6. The summed E-state index contributed by atoms with van der Waals surface area (Å²) in [7, 11) is 0. The van der Waals surface area contributed by atoms with Crippen LogP contribution in [0.2, 0.25) is 5.02 Å². The second-order valence-corrected chi connectivity index (χ2v) is 4.80. The van der Waals surface area contributed by atoms with Gasteiger partial charge in [-0.25, -0.2) is 0 Å². The zero-order chi connectivity index (χ0) is 11.8. The van der Waals surface area contributed by atoms with Gasteiger partial charge >= 0.3 is 0 Å². The van der Waals surface area contributed by atoms with Crippen LogP contribution in [0.4, 0.5) is 5.69 Å². The molecule has 2 nitrogen and oxygen atoms in total. The van der Waals surface area contributed by atoms with Crippen LogP contribution in [0.5, 0.6) is 0 Å². The van der Waals surface area contributed by atoms with Gasteiger partial charge in [0.05, 0.1) is 0 Å². The number of hydrogen-bond donors (Lipinski definition) is 0. The van der Waals surface area contributed by atoms with Crippen LogP contribution in [-0.2, 0) is 4.79 Å². The molecule has 1 aromatic carbocycles. The highest BCUT2D eigenvalue weighted by Gasteiger charge is 2.35. The summed E-state index contributed by atoms with van der Waals surface area (Å²) in [5.74, 6) is 0.524. The molecule has 0 bridgehead atoms. The molecular formula is C14H12ClNO. The van der Waals surface area contributed by atoms with Crippen molar-refractivity contribution < 1.29 is 4.79 Å². The maximum Gasteiger partial charge on any atom is 0.231 e. The van der Waals surface area contributed by atoms with E-state index in [1.807, 2.05) is 41.3 Å². The van der Waals surface area contributed by atoms with E-state index in [1.54, 1.807) is 0 Å². The van der Waals surface area contributed by atoms with Crippen LogP contribution >= 0.6 is 11.6 Å². The second kappa shape index (κ2) is 4.04. The summed E-state index contributed by atoms with van der Waals surface area (Å²) in [6.07, 6.45) is 7.74. The Bertz CT molecular complexity index is 516. The Morgan fingerprint density at radius 2 is 2.00 bits per heavy atom. The van der Waals surface area contributed by atoms with Gasteiger partial charge in [0, 0.05) is 28.7 Å². The van der Waals surface area contributed by atoms with Gasteiger partial charge in [0.15, 0.2) is 0 Å². The zero-order valence-electron chi connectivity index (χ0n) is 9.27. The Balaban J connectivity index is 2.01. The van der Waals surface area contributed by atoms with Gasteiger partial charge in [-0.15, -0.1) is 0 Å². The summed E-state index contributed by atoms with van der Waals surface area (Å²) < 4.78 is 0. The van der Waals surface area contributed by atoms with Crippen molar-refractivity contribution in [3.63, 3.8) is 0 Å². The number of rotatable bonds is 1. The van der Waals surface area contributed by atoms with E-state index >= 15 is 0 Å². The van der Waals surface area contributed by atoms with E-state index in [2.05, 4.69) is 6.08 Å². The molecule has 1 amide bonds. The highest BCUT2D eigenvalue weighted by Crippen LogP contribution is 2.37. The number of allylic oxidation sites excluding steroid dienone is 4. The molecule has 1 aliphatic heterocycles. The predicted octanol–water partition coefficient (Wildman–Crippen LogP) is 3.54. The lowest BCUT2D eigenvalue weighted by Gasteiger charge is -2.21. The molecule has 1 atom stereocenters. The van der Waals surface area contributed by atoms with E-state index in [4.69, 9.17) is 11.6 Å². The topological polar surface area (TPSA) is 20.3 Å². The minimum absolute atomic E-state index is 0.173. The third-order valence-corrected chi connectivity index (χ3v) is 3.51. The Labute approximate surface area is 105 Å². The molecule has 2 aliphatic rings. The summed E-state index contributed by atoms with van der Waals surface area (Å²) in [4.78, 5) is 13.9. The van der Waals surface area contributed by atoms with Gasteiger partial charge in [-0.2, -0.15) is 0 Å². The first kappa shape index (κ1) is 10.6. The molecule has 17 heavy (non-hydrogen) atoms. The molecule has 1 saturated heterocycles. The van der Waals surface area contributed by atoms with Crippen LogP contribution in [0.3, 0.4) is 0 Å². The molecule has 1 aromatic rings. The first-order valence-corrected chi connectivity index (χ1v) is 6.09. The van der Waals surface area contributed by atoms with Gasteiger partial charge in [0.2, 0.25) is 5.91 Å². The van der Waals surface area contributed by atoms with Gasteiger partial charge in [-0.1, -0.05) is 23.8 Å². The molecule has 0 aromatic heterocycles. The Morgan fingerprint density at radius 1 is 1.24 bits per heavy atom. The fraction of sp³-hybridized carbons (Fsp3) is 0.214. The van der Waals surface area contributed by atoms with Gasteiger partial charge in [-0.3, -0.25) is 9.69 Å². The minimum atomic E-state index is 0.173. The second-order valence-electron chi connectivity index (χ2n) is 4.36. The summed E-state index contributed by atoms with van der Waals surface area (Å²) in [6, 6.07) is 7.41. The lowest BCUT2D eigenvalue weighted by atomic mass is 9.97. The smallest absolute Gasteiger partial charge is 0.231 e. The summed E-state index contributed by atoms with van der Waals surface area (Å²) in [6.45, 7) is 0. The van der Waals surface area contributed by atoms with E-state index in [0.717, 1.165) is 17.8 Å². The fourth-order valence-corrected chi connectivity index (χ4v) is 2.57. The third kappa shape index (κ3) is 1.79. The number of carbonyl (C=O) groups is 1. The van der Waals surface area contributed by atoms with Crippen molar-refractivity contribution in [1.82, 2.24) is 0 Å². The van der Waals surface area contributed by atoms with Crippen molar-refractivity contribution in [3.05, 3.63) is 53.2 Å². The molecule has 0 saturated carbocycles. The average Bonchev–Trinajstić information content (AvgIpc) is 2.66. The van der Waals surface area contributed by atoms with Crippen molar-refractivity contribution in [2.75, 3.05) is 4.90 Å². The van der Waals surface area contributed by atoms with E-state index in [0.29, 0.717) is 17.4 Å². The molecule has 0 radical (unpaired) electrons. The van der Waals surface area contributed by atoms with Gasteiger partial charge in [0.1, 0.15) is 0 Å². The molecule has 1 fully saturated rings. The number of halogens is 1. The molecular weight excluding hydrogens is 234 g/mol. The molecule has 1 aliphatic carbocycles. The molecule has 1 heterocycles. The van der Waals surface area contributed by atoms with Crippen LogP contribution < -0.4 is 4.90 Å². The summed E-state index contributed by atoms with van der Waals surface area (Å²) >= 11 is 5.86. The maximum absolute atomic E-state index is 12.1. The molecule has 86 valence electrons. The highest BCUT2D eigenvalue weighted by molar-refractivity contribution is 6.30. The molecule has 0 spiro atoms. The number of fused-ring (bicyclic) bond motifs is 1. The van der Waals surface area contributed by atoms with Crippen LogP contribution in [0.25, 0.3) is 0 Å².